The van der Waals surface area contributed by atoms with Crippen molar-refractivity contribution >= 4 is 33.3 Å². The molecule has 0 fully saturated rings. The maximum atomic E-state index is 12.6. The second kappa shape index (κ2) is 7.92. The van der Waals surface area contributed by atoms with Crippen molar-refractivity contribution in [1.29, 1.82) is 0 Å². The molecule has 0 radical (unpaired) electrons. The summed E-state index contributed by atoms with van der Waals surface area (Å²) in [4.78, 5) is 17.0. The van der Waals surface area contributed by atoms with Crippen LogP contribution in [0.25, 0.3) is 22.5 Å². The maximum absolute atomic E-state index is 12.6. The van der Waals surface area contributed by atoms with Crippen molar-refractivity contribution in [2.75, 3.05) is 23.6 Å². The lowest BCUT2D eigenvalue weighted by Gasteiger charge is -2.27. The summed E-state index contributed by atoms with van der Waals surface area (Å²) in [6, 6.07) is 5.01. The van der Waals surface area contributed by atoms with E-state index in [0.29, 0.717) is 11.2 Å². The van der Waals surface area contributed by atoms with Crippen LogP contribution in [0.1, 0.15) is 6.42 Å². The average Bonchev–Trinajstić information content (AvgIpc) is 3.36. The van der Waals surface area contributed by atoms with Crippen molar-refractivity contribution in [2.45, 2.75) is 17.9 Å². The van der Waals surface area contributed by atoms with E-state index in [1.807, 2.05) is 6.07 Å². The van der Waals surface area contributed by atoms with E-state index in [9.17, 15) is 8.42 Å². The Kier molecular flexibility index (Phi) is 5.06. The van der Waals surface area contributed by atoms with Gasteiger partial charge in [-0.05, 0) is 24.6 Å². The molecule has 3 aliphatic rings. The van der Waals surface area contributed by atoms with E-state index in [0.717, 1.165) is 48.5 Å². The molecule has 5 rings (SSSR count). The lowest BCUT2D eigenvalue weighted by molar-refractivity contribution is 0.557. The minimum atomic E-state index is -3.89. The Bertz CT molecular complexity index is 1450. The molecule has 5 heterocycles. The van der Waals surface area contributed by atoms with Gasteiger partial charge in [-0.25, -0.2) is 18.4 Å². The Morgan fingerprint density at radius 3 is 2.94 bits per heavy atom. The van der Waals surface area contributed by atoms with Crippen LogP contribution in [0.15, 0.2) is 57.4 Å². The van der Waals surface area contributed by atoms with Gasteiger partial charge in [0.25, 0.3) is 10.0 Å². The smallest absolute Gasteiger partial charge is 0.266 e. The van der Waals surface area contributed by atoms with Gasteiger partial charge in [-0.2, -0.15) is 4.98 Å². The second-order valence-corrected chi connectivity index (χ2v) is 9.16. The van der Waals surface area contributed by atoms with E-state index in [1.54, 1.807) is 19.3 Å². The molecule has 0 atom stereocenters. The zero-order valence-corrected chi connectivity index (χ0v) is 18.5. The third-order valence-corrected chi connectivity index (χ3v) is 6.83. The molecule has 3 aliphatic heterocycles. The SMILES string of the molecule is CN=c1ncc2cc(-c3ccnc(NS(=O)(=O)c4ccoc4)c3Cl)c3n(c-2n1)CCCN3. The lowest BCUT2D eigenvalue weighted by atomic mass is 10.0. The molecular weight excluding hydrogens is 454 g/mol. The van der Waals surface area contributed by atoms with Gasteiger partial charge in [0.05, 0.1) is 11.3 Å². The summed E-state index contributed by atoms with van der Waals surface area (Å²) in [5, 5.41) is 3.59. The van der Waals surface area contributed by atoms with Gasteiger partial charge < -0.3 is 14.3 Å². The van der Waals surface area contributed by atoms with E-state index in [4.69, 9.17) is 16.0 Å². The molecule has 0 aliphatic carbocycles. The standard InChI is InChI=1S/C20H18ClN7O3S/c1-22-20-25-10-12-9-15(19-24-5-2-7-28(19)18(12)26-20)14-3-6-23-17(16(14)21)27-32(29,30)13-4-8-31-11-13/h3-4,6,8-11,24H,2,5,7H2,1H3,(H,23,27). The van der Waals surface area contributed by atoms with E-state index in [1.165, 1.54) is 18.5 Å². The van der Waals surface area contributed by atoms with Crippen LogP contribution in [0.4, 0.5) is 11.6 Å². The van der Waals surface area contributed by atoms with E-state index >= 15 is 0 Å². The topological polar surface area (TPSA) is 127 Å². The predicted octanol–water partition coefficient (Wildman–Crippen LogP) is 2.84. The van der Waals surface area contributed by atoms with Gasteiger partial charge >= 0.3 is 0 Å². The molecular formula is C20H18ClN7O3S. The average molecular weight is 472 g/mol. The van der Waals surface area contributed by atoms with Crippen molar-refractivity contribution in [2.24, 2.45) is 4.99 Å². The summed E-state index contributed by atoms with van der Waals surface area (Å²) < 4.78 is 34.6. The molecule has 2 N–H and O–H groups in total. The van der Waals surface area contributed by atoms with Gasteiger partial charge in [0, 0.05) is 49.2 Å². The van der Waals surface area contributed by atoms with Crippen LogP contribution >= 0.6 is 11.6 Å². The highest BCUT2D eigenvalue weighted by molar-refractivity contribution is 7.92. The molecule has 164 valence electrons. The van der Waals surface area contributed by atoms with Crippen LogP contribution in [0.3, 0.4) is 0 Å². The van der Waals surface area contributed by atoms with E-state index < -0.39 is 10.0 Å². The van der Waals surface area contributed by atoms with Crippen LogP contribution in [0.2, 0.25) is 5.02 Å². The Hall–Kier alpha value is -3.44. The summed E-state index contributed by atoms with van der Waals surface area (Å²) >= 11 is 6.66. The zero-order chi connectivity index (χ0) is 22.3. The van der Waals surface area contributed by atoms with E-state index in [2.05, 4.69) is 34.6 Å². The minimum Gasteiger partial charge on any atom is -0.471 e. The third-order valence-electron chi connectivity index (χ3n) is 5.13. The summed E-state index contributed by atoms with van der Waals surface area (Å²) in [6.07, 6.45) is 6.57. The largest absolute Gasteiger partial charge is 0.471 e. The van der Waals surface area contributed by atoms with Gasteiger partial charge in [-0.3, -0.25) is 9.71 Å². The molecule has 0 saturated heterocycles. The number of nitrogens with zero attached hydrogens (tertiary/aromatic N) is 5. The van der Waals surface area contributed by atoms with Crippen molar-refractivity contribution in [3.63, 3.8) is 0 Å². The number of rotatable bonds is 4. The highest BCUT2D eigenvalue weighted by Gasteiger charge is 2.24. The molecule has 0 saturated carbocycles. The first kappa shape index (κ1) is 20.5. The molecule has 32 heavy (non-hydrogen) atoms. The second-order valence-electron chi connectivity index (χ2n) is 7.10. The van der Waals surface area contributed by atoms with Gasteiger partial charge in [0.1, 0.15) is 22.8 Å². The normalized spacial score (nSPS) is 14.2. The van der Waals surface area contributed by atoms with Gasteiger partial charge in [0.15, 0.2) is 5.82 Å². The molecule has 0 aromatic carbocycles. The van der Waals surface area contributed by atoms with Crippen LogP contribution in [0.5, 0.6) is 0 Å². The molecule has 0 bridgehead atoms. The van der Waals surface area contributed by atoms with Gasteiger partial charge in [-0.15, -0.1) is 0 Å². The molecule has 10 nitrogen and oxygen atoms in total. The number of fused-ring (bicyclic) bond motifs is 3. The first-order valence-electron chi connectivity index (χ1n) is 9.75. The van der Waals surface area contributed by atoms with Crippen LogP contribution < -0.4 is 15.7 Å². The lowest BCUT2D eigenvalue weighted by Crippen LogP contribution is -2.25. The molecule has 12 heteroatoms. The van der Waals surface area contributed by atoms with Crippen molar-refractivity contribution in [3.05, 3.63) is 53.8 Å². The third kappa shape index (κ3) is 3.49. The number of anilines is 2. The highest BCUT2D eigenvalue weighted by Crippen LogP contribution is 2.41. The number of sulfonamides is 1. The molecule has 2 aromatic rings. The number of hydrogen-bond donors (Lipinski definition) is 2. The van der Waals surface area contributed by atoms with Crippen molar-refractivity contribution in [1.82, 2.24) is 19.5 Å². The van der Waals surface area contributed by atoms with Gasteiger partial charge in [0.2, 0.25) is 5.62 Å². The Labute approximate surface area is 188 Å². The summed E-state index contributed by atoms with van der Waals surface area (Å²) in [5.41, 5.74) is 2.63. The Morgan fingerprint density at radius 1 is 1.28 bits per heavy atom. The Morgan fingerprint density at radius 2 is 2.16 bits per heavy atom. The van der Waals surface area contributed by atoms with Crippen molar-refractivity contribution in [3.8, 4) is 22.5 Å². The number of hydrogen-bond acceptors (Lipinski definition) is 8. The molecule has 0 unspecified atom stereocenters. The fourth-order valence-electron chi connectivity index (χ4n) is 3.65. The number of aromatic nitrogens is 4. The van der Waals surface area contributed by atoms with E-state index in [-0.39, 0.29) is 15.7 Å². The first-order chi connectivity index (χ1) is 15.5. The maximum Gasteiger partial charge on any atom is 0.266 e. The van der Waals surface area contributed by atoms with Gasteiger partial charge in [-0.1, -0.05) is 11.6 Å². The monoisotopic (exact) mass is 471 g/mol. The molecule has 0 spiro atoms. The van der Waals surface area contributed by atoms with Crippen LogP contribution in [-0.4, -0.2) is 41.5 Å². The first-order valence-corrected chi connectivity index (χ1v) is 11.6. The number of furan rings is 1. The van der Waals surface area contributed by atoms with Crippen molar-refractivity contribution < 1.29 is 12.8 Å². The summed E-state index contributed by atoms with van der Waals surface area (Å²) in [7, 11) is -2.25. The molecule has 2 aromatic heterocycles. The summed E-state index contributed by atoms with van der Waals surface area (Å²) in [5.74, 6) is 1.62. The van der Waals surface area contributed by atoms with Crippen LogP contribution in [-0.2, 0) is 16.6 Å². The zero-order valence-electron chi connectivity index (χ0n) is 16.9. The van der Waals surface area contributed by atoms with Crippen LogP contribution in [0, 0.1) is 0 Å². The number of halogens is 1. The fraction of sp³-hybridized carbons (Fsp3) is 0.200. The number of pyridine rings is 2. The quantitative estimate of drug-likeness (QED) is 0.468. The minimum absolute atomic E-state index is 0.0182. The summed E-state index contributed by atoms with van der Waals surface area (Å²) in [6.45, 7) is 1.55. The number of nitrogens with one attached hydrogen (secondary N) is 2. The Balaban J connectivity index is 1.67. The predicted molar refractivity (Wildman–Crippen MR) is 119 cm³/mol. The molecule has 0 amide bonds. The highest BCUT2D eigenvalue weighted by atomic mass is 35.5. The fourth-order valence-corrected chi connectivity index (χ4v) is 4.91.